The van der Waals surface area contributed by atoms with Crippen molar-refractivity contribution in [2.24, 2.45) is 0 Å². The highest BCUT2D eigenvalue weighted by Crippen LogP contribution is 2.17. The first-order chi connectivity index (χ1) is 9.19. The molecule has 1 aromatic rings. The lowest BCUT2D eigenvalue weighted by Crippen LogP contribution is -3.00. The molecule has 3 nitrogen and oxygen atoms in total. The Morgan fingerprint density at radius 1 is 0.800 bits per heavy atom. The standard InChI is InChI=1S/C16H28NO2.HI/c1-5-17(6-2,7-3)13-14-19-16-11-9-15(10-12-16)18-8-4;/h9-12H,5-8,13-14H2,1-4H3;1H/q+1;/p-1. The molecule has 0 spiro atoms. The first-order valence-corrected chi connectivity index (χ1v) is 7.40. The van der Waals surface area contributed by atoms with Crippen molar-refractivity contribution in [3.63, 3.8) is 0 Å². The molecular formula is C16H28INO2. The molecule has 20 heavy (non-hydrogen) atoms. The molecule has 0 atom stereocenters. The monoisotopic (exact) mass is 393 g/mol. The van der Waals surface area contributed by atoms with Crippen LogP contribution in [0.5, 0.6) is 11.5 Å². The zero-order chi connectivity index (χ0) is 14.1. The lowest BCUT2D eigenvalue weighted by molar-refractivity contribution is -0.923. The van der Waals surface area contributed by atoms with Gasteiger partial charge in [-0.3, -0.25) is 0 Å². The van der Waals surface area contributed by atoms with Gasteiger partial charge in [0.15, 0.2) is 0 Å². The van der Waals surface area contributed by atoms with Crippen molar-refractivity contribution >= 4 is 0 Å². The number of likely N-dealkylation sites (N-methyl/N-ethyl adjacent to an activating group) is 1. The Morgan fingerprint density at radius 3 is 1.65 bits per heavy atom. The van der Waals surface area contributed by atoms with Crippen LogP contribution in [0.1, 0.15) is 27.7 Å². The molecular weight excluding hydrogens is 365 g/mol. The second-order valence-corrected chi connectivity index (χ2v) is 4.77. The number of ether oxygens (including phenoxy) is 2. The number of hydrogen-bond donors (Lipinski definition) is 0. The van der Waals surface area contributed by atoms with Gasteiger partial charge in [0.2, 0.25) is 0 Å². The molecule has 0 fully saturated rings. The number of rotatable bonds is 9. The van der Waals surface area contributed by atoms with Gasteiger partial charge in [-0.05, 0) is 52.0 Å². The highest BCUT2D eigenvalue weighted by molar-refractivity contribution is 5.31. The van der Waals surface area contributed by atoms with E-state index in [-0.39, 0.29) is 24.0 Å². The third kappa shape index (κ3) is 5.87. The summed E-state index contributed by atoms with van der Waals surface area (Å²) >= 11 is 0. The number of hydrogen-bond acceptors (Lipinski definition) is 2. The van der Waals surface area contributed by atoms with Crippen molar-refractivity contribution in [3.8, 4) is 11.5 Å². The van der Waals surface area contributed by atoms with Gasteiger partial charge in [0.1, 0.15) is 24.7 Å². The molecule has 0 bridgehead atoms. The summed E-state index contributed by atoms with van der Waals surface area (Å²) in [7, 11) is 0. The third-order valence-corrected chi connectivity index (χ3v) is 3.98. The predicted molar refractivity (Wildman–Crippen MR) is 79.9 cm³/mol. The molecule has 0 aliphatic carbocycles. The van der Waals surface area contributed by atoms with Gasteiger partial charge in [-0.1, -0.05) is 0 Å². The van der Waals surface area contributed by atoms with Crippen LogP contribution in [0.4, 0.5) is 0 Å². The third-order valence-electron chi connectivity index (χ3n) is 3.98. The van der Waals surface area contributed by atoms with Gasteiger partial charge in [-0.2, -0.15) is 0 Å². The zero-order valence-electron chi connectivity index (χ0n) is 13.2. The Balaban J connectivity index is 0.00000361. The van der Waals surface area contributed by atoms with E-state index in [2.05, 4.69) is 20.8 Å². The van der Waals surface area contributed by atoms with Crippen molar-refractivity contribution in [2.75, 3.05) is 39.4 Å². The molecule has 0 saturated heterocycles. The summed E-state index contributed by atoms with van der Waals surface area (Å²) in [5, 5.41) is 0. The van der Waals surface area contributed by atoms with Crippen LogP contribution < -0.4 is 33.5 Å². The SMILES string of the molecule is CCOc1ccc(OCC[N+](CC)(CC)CC)cc1.[I-]. The van der Waals surface area contributed by atoms with E-state index in [0.717, 1.165) is 29.1 Å². The highest BCUT2D eigenvalue weighted by atomic mass is 127. The highest BCUT2D eigenvalue weighted by Gasteiger charge is 2.20. The molecule has 1 rings (SSSR count). The first-order valence-electron chi connectivity index (χ1n) is 7.40. The van der Waals surface area contributed by atoms with Gasteiger partial charge in [0.25, 0.3) is 0 Å². The van der Waals surface area contributed by atoms with Crippen molar-refractivity contribution in [1.29, 1.82) is 0 Å². The summed E-state index contributed by atoms with van der Waals surface area (Å²) in [6.45, 7) is 14.8. The van der Waals surface area contributed by atoms with E-state index in [0.29, 0.717) is 6.61 Å². The van der Waals surface area contributed by atoms with E-state index in [1.807, 2.05) is 31.2 Å². The minimum atomic E-state index is 0. The molecule has 1 aromatic carbocycles. The van der Waals surface area contributed by atoms with Crippen LogP contribution in [0.3, 0.4) is 0 Å². The van der Waals surface area contributed by atoms with Crippen molar-refractivity contribution in [1.82, 2.24) is 0 Å². The number of benzene rings is 1. The second kappa shape index (κ2) is 10.3. The van der Waals surface area contributed by atoms with Crippen LogP contribution >= 0.6 is 0 Å². The Labute approximate surface area is 140 Å². The Hall–Kier alpha value is -0.490. The smallest absolute Gasteiger partial charge is 0.137 e. The molecule has 0 saturated carbocycles. The fourth-order valence-corrected chi connectivity index (χ4v) is 2.30. The van der Waals surface area contributed by atoms with E-state index in [9.17, 15) is 0 Å². The van der Waals surface area contributed by atoms with E-state index in [4.69, 9.17) is 9.47 Å². The maximum Gasteiger partial charge on any atom is 0.137 e. The van der Waals surface area contributed by atoms with Crippen LogP contribution in [0, 0.1) is 0 Å². The average molecular weight is 393 g/mol. The van der Waals surface area contributed by atoms with Crippen LogP contribution in [0.25, 0.3) is 0 Å². The Morgan fingerprint density at radius 2 is 1.25 bits per heavy atom. The number of halogens is 1. The van der Waals surface area contributed by atoms with E-state index < -0.39 is 0 Å². The van der Waals surface area contributed by atoms with Gasteiger partial charge < -0.3 is 37.9 Å². The van der Waals surface area contributed by atoms with Gasteiger partial charge in [0.05, 0.1) is 26.2 Å². The molecule has 0 aromatic heterocycles. The molecule has 0 heterocycles. The molecule has 116 valence electrons. The van der Waals surface area contributed by atoms with Gasteiger partial charge >= 0.3 is 0 Å². The van der Waals surface area contributed by atoms with Crippen LogP contribution in [0.15, 0.2) is 24.3 Å². The van der Waals surface area contributed by atoms with Crippen molar-refractivity contribution in [2.45, 2.75) is 27.7 Å². The molecule has 0 amide bonds. The molecule has 0 radical (unpaired) electrons. The van der Waals surface area contributed by atoms with E-state index in [1.54, 1.807) is 0 Å². The summed E-state index contributed by atoms with van der Waals surface area (Å²) in [5.41, 5.74) is 0. The van der Waals surface area contributed by atoms with Crippen molar-refractivity contribution < 1.29 is 37.9 Å². The zero-order valence-corrected chi connectivity index (χ0v) is 15.4. The second-order valence-electron chi connectivity index (χ2n) is 4.77. The quantitative estimate of drug-likeness (QED) is 0.445. The molecule has 0 unspecified atom stereocenters. The minimum Gasteiger partial charge on any atom is -1.00 e. The summed E-state index contributed by atoms with van der Waals surface area (Å²) in [4.78, 5) is 0. The normalized spacial score (nSPS) is 10.8. The van der Waals surface area contributed by atoms with Gasteiger partial charge in [0, 0.05) is 0 Å². The predicted octanol–water partition coefficient (Wildman–Crippen LogP) is 0.345. The lowest BCUT2D eigenvalue weighted by atomic mass is 10.3. The maximum atomic E-state index is 5.83. The first kappa shape index (κ1) is 19.5. The van der Waals surface area contributed by atoms with E-state index >= 15 is 0 Å². The fraction of sp³-hybridized carbons (Fsp3) is 0.625. The maximum absolute atomic E-state index is 5.83. The minimum absolute atomic E-state index is 0. The fourth-order valence-electron chi connectivity index (χ4n) is 2.30. The van der Waals surface area contributed by atoms with Crippen molar-refractivity contribution in [3.05, 3.63) is 24.3 Å². The van der Waals surface area contributed by atoms with Gasteiger partial charge in [-0.25, -0.2) is 0 Å². The Kier molecular flexibility index (Phi) is 10.0. The summed E-state index contributed by atoms with van der Waals surface area (Å²) in [6, 6.07) is 7.87. The largest absolute Gasteiger partial charge is 1.00 e. The molecule has 0 aliphatic rings. The number of nitrogens with zero attached hydrogens (tertiary/aromatic N) is 1. The molecule has 0 aliphatic heterocycles. The number of quaternary nitrogens is 1. The summed E-state index contributed by atoms with van der Waals surface area (Å²) < 4.78 is 12.4. The van der Waals surface area contributed by atoms with Crippen LogP contribution in [0.2, 0.25) is 0 Å². The Bertz CT molecular complexity index is 342. The summed E-state index contributed by atoms with van der Waals surface area (Å²) in [5.74, 6) is 1.82. The topological polar surface area (TPSA) is 18.5 Å². The van der Waals surface area contributed by atoms with E-state index in [1.165, 1.54) is 19.6 Å². The average Bonchev–Trinajstić information content (AvgIpc) is 2.46. The lowest BCUT2D eigenvalue weighted by Gasteiger charge is -2.35. The summed E-state index contributed by atoms with van der Waals surface area (Å²) in [6.07, 6.45) is 0. The molecule has 4 heteroatoms. The van der Waals surface area contributed by atoms with Crippen LogP contribution in [-0.4, -0.2) is 43.9 Å². The van der Waals surface area contributed by atoms with Gasteiger partial charge in [-0.15, -0.1) is 0 Å². The van der Waals surface area contributed by atoms with Crippen LogP contribution in [-0.2, 0) is 0 Å². The molecule has 0 N–H and O–H groups in total.